The fourth-order valence-corrected chi connectivity index (χ4v) is 10.4. The molecule has 14 nitrogen and oxygen atoms in total. The Labute approximate surface area is 413 Å². The average molecular weight is 977 g/mol. The second-order valence-corrected chi connectivity index (χ2v) is 19.1. The smallest absolute Gasteiger partial charge is 0.259 e. The van der Waals surface area contributed by atoms with Crippen LogP contribution in [-0.2, 0) is 24.2 Å². The normalized spacial score (nSPS) is 15.5. The number of benzene rings is 5. The molecule has 1 aliphatic heterocycles. The molecule has 5 aromatic carbocycles. The maximum atomic E-state index is 14.6. The molecule has 5 aromatic rings. The zero-order valence-corrected chi connectivity index (χ0v) is 42.2. The lowest BCUT2D eigenvalue weighted by Gasteiger charge is -2.38. The number of nitrogens with zero attached hydrogens (tertiary/aromatic N) is 7. The van der Waals surface area contributed by atoms with Gasteiger partial charge in [0.2, 0.25) is 11.6 Å². The van der Waals surface area contributed by atoms with Crippen molar-refractivity contribution >= 4 is 55.5 Å². The van der Waals surface area contributed by atoms with E-state index in [1.54, 1.807) is 26.4 Å². The van der Waals surface area contributed by atoms with Gasteiger partial charge in [0.1, 0.15) is 29.5 Å². The van der Waals surface area contributed by atoms with Gasteiger partial charge in [-0.3, -0.25) is 4.79 Å². The Morgan fingerprint density at radius 3 is 2.07 bits per heavy atom. The summed E-state index contributed by atoms with van der Waals surface area (Å²) in [6, 6.07) is 40.3. The van der Waals surface area contributed by atoms with E-state index in [4.69, 9.17) is 34.9 Å². The number of rotatable bonds is 24. The van der Waals surface area contributed by atoms with Gasteiger partial charge < -0.3 is 38.3 Å². The summed E-state index contributed by atoms with van der Waals surface area (Å²) in [6.45, 7) is 13.2. The maximum Gasteiger partial charge on any atom is 0.259 e. The van der Waals surface area contributed by atoms with Crippen LogP contribution in [-0.4, -0.2) is 98.7 Å². The van der Waals surface area contributed by atoms with E-state index in [9.17, 15) is 15.3 Å². The highest BCUT2D eigenvalue weighted by molar-refractivity contribution is 7.44. The van der Waals surface area contributed by atoms with Crippen LogP contribution < -0.4 is 14.4 Å². The molecule has 0 spiro atoms. The number of methoxy groups -OCH3 is 2. The van der Waals surface area contributed by atoms with E-state index in [1.165, 1.54) is 6.07 Å². The minimum atomic E-state index is -1.56. The Morgan fingerprint density at radius 2 is 1.52 bits per heavy atom. The fraction of sp³-hybridized carbons (Fsp3) is 0.377. The van der Waals surface area contributed by atoms with Crippen LogP contribution in [0.5, 0.6) is 11.5 Å². The number of hydrogen-bond acceptors (Lipinski definition) is 12. The highest BCUT2D eigenvalue weighted by atomic mass is 35.5. The number of amides is 1. The molecule has 16 heteroatoms. The fourth-order valence-electron chi connectivity index (χ4n) is 8.49. The maximum absolute atomic E-state index is 14.6. The second-order valence-electron chi connectivity index (χ2n) is 17.3. The molecule has 1 unspecified atom stereocenters. The molecule has 1 fully saturated rings. The van der Waals surface area contributed by atoms with E-state index in [0.717, 1.165) is 33.9 Å². The van der Waals surface area contributed by atoms with Gasteiger partial charge in [-0.05, 0) is 112 Å². The SMILES string of the molecule is C=[N+]([O-])c1ccc(N=Nc2ccc(N(C)CCCC(=O)N3C[C@H](OP(OCCC#N)N(C(C)C)C(C)C)C[C@H]3COC(c3ccccc3)(c3ccc(OC)cc3)c3ccc(OC)cc3)cc2)c(Cl)c1. The topological polar surface area (TPSA) is 148 Å². The summed E-state index contributed by atoms with van der Waals surface area (Å²) in [7, 11) is 3.72. The molecule has 6 rings (SSSR count). The number of carbonyl (C=O) groups is 1. The first-order valence-corrected chi connectivity index (χ1v) is 24.6. The number of halogens is 1. The van der Waals surface area contributed by atoms with Crippen molar-refractivity contribution in [1.82, 2.24) is 9.57 Å². The van der Waals surface area contributed by atoms with Gasteiger partial charge in [0.05, 0.1) is 62.8 Å². The van der Waals surface area contributed by atoms with Crippen molar-refractivity contribution in [2.24, 2.45) is 10.2 Å². The van der Waals surface area contributed by atoms with E-state index in [-0.39, 0.29) is 49.8 Å². The molecule has 1 amide bonds. The number of ether oxygens (including phenoxy) is 3. The van der Waals surface area contributed by atoms with Gasteiger partial charge in [-0.25, -0.2) is 4.67 Å². The zero-order chi connectivity index (χ0) is 49.5. The molecule has 0 N–H and O–H groups in total. The van der Waals surface area contributed by atoms with Crippen molar-refractivity contribution in [3.63, 3.8) is 0 Å². The third-order valence-corrected chi connectivity index (χ3v) is 14.4. The number of hydrogen-bond donors (Lipinski definition) is 0. The number of carbonyl (C=O) groups excluding carboxylic acids is 1. The predicted molar refractivity (Wildman–Crippen MR) is 273 cm³/mol. The lowest BCUT2D eigenvalue weighted by molar-refractivity contribution is -0.349. The van der Waals surface area contributed by atoms with Gasteiger partial charge in [-0.2, -0.15) is 15.1 Å². The van der Waals surface area contributed by atoms with E-state index >= 15 is 0 Å². The van der Waals surface area contributed by atoms with Crippen molar-refractivity contribution in [3.05, 3.63) is 148 Å². The van der Waals surface area contributed by atoms with E-state index in [0.29, 0.717) is 59.2 Å². The molecule has 0 saturated carbocycles. The summed E-state index contributed by atoms with van der Waals surface area (Å²) >= 11 is 6.31. The number of anilines is 1. The van der Waals surface area contributed by atoms with E-state index in [1.807, 2.05) is 103 Å². The molecule has 0 aromatic heterocycles. The third kappa shape index (κ3) is 13.5. The summed E-state index contributed by atoms with van der Waals surface area (Å²) in [6.07, 6.45) is 1.30. The number of azo groups is 1. The van der Waals surface area contributed by atoms with Crippen molar-refractivity contribution in [2.75, 3.05) is 52.5 Å². The Bertz CT molecular complexity index is 2450. The Morgan fingerprint density at radius 1 is 0.913 bits per heavy atom. The minimum Gasteiger partial charge on any atom is -0.619 e. The van der Waals surface area contributed by atoms with E-state index < -0.39 is 14.1 Å². The Kier molecular flexibility index (Phi) is 19.1. The van der Waals surface area contributed by atoms with Crippen LogP contribution in [0.4, 0.5) is 22.7 Å². The molecule has 1 saturated heterocycles. The van der Waals surface area contributed by atoms with E-state index in [2.05, 4.69) is 72.4 Å². The Balaban J connectivity index is 1.24. The summed E-state index contributed by atoms with van der Waals surface area (Å²) in [4.78, 5) is 18.6. The largest absolute Gasteiger partial charge is 0.619 e. The lowest BCUT2D eigenvalue weighted by atomic mass is 9.80. The van der Waals surface area contributed by atoms with Crippen LogP contribution in [0.25, 0.3) is 0 Å². The molecule has 0 bridgehead atoms. The Hall–Kier alpha value is -5.91. The molecule has 364 valence electrons. The highest BCUT2D eigenvalue weighted by Gasteiger charge is 2.43. The van der Waals surface area contributed by atoms with Gasteiger partial charge in [-0.15, -0.1) is 5.11 Å². The first kappa shape index (κ1) is 52.5. The van der Waals surface area contributed by atoms with Crippen LogP contribution in [0.2, 0.25) is 5.02 Å². The molecule has 1 heterocycles. The quantitative estimate of drug-likeness (QED) is 0.00855. The van der Waals surface area contributed by atoms with Crippen LogP contribution in [0, 0.1) is 16.5 Å². The number of nitriles is 1. The average Bonchev–Trinajstić information content (AvgIpc) is 3.76. The van der Waals surface area contributed by atoms with Gasteiger partial charge in [-0.1, -0.05) is 66.2 Å². The third-order valence-electron chi connectivity index (χ3n) is 11.9. The van der Waals surface area contributed by atoms with Crippen LogP contribution >= 0.6 is 20.1 Å². The summed E-state index contributed by atoms with van der Waals surface area (Å²) < 4.78 is 34.4. The summed E-state index contributed by atoms with van der Waals surface area (Å²) in [5.41, 5.74) is 3.95. The van der Waals surface area contributed by atoms with Crippen LogP contribution in [0.1, 0.15) is 70.1 Å². The van der Waals surface area contributed by atoms with Gasteiger partial charge >= 0.3 is 0 Å². The molecule has 69 heavy (non-hydrogen) atoms. The molecular weight excluding hydrogens is 913 g/mol. The first-order chi connectivity index (χ1) is 33.3. The van der Waals surface area contributed by atoms with Crippen molar-refractivity contribution < 1.29 is 32.8 Å². The van der Waals surface area contributed by atoms with Crippen molar-refractivity contribution in [1.29, 1.82) is 5.26 Å². The summed E-state index contributed by atoms with van der Waals surface area (Å²) in [5.74, 6) is 1.44. The molecule has 3 atom stereocenters. The monoisotopic (exact) mass is 975 g/mol. The predicted octanol–water partition coefficient (Wildman–Crippen LogP) is 12.1. The summed E-state index contributed by atoms with van der Waals surface area (Å²) in [5, 5.41) is 29.8. The zero-order valence-electron chi connectivity index (χ0n) is 40.5. The highest BCUT2D eigenvalue weighted by Crippen LogP contribution is 2.49. The van der Waals surface area contributed by atoms with Gasteiger partial charge in [0.25, 0.3) is 8.53 Å². The van der Waals surface area contributed by atoms with Crippen LogP contribution in [0.15, 0.2) is 132 Å². The van der Waals surface area contributed by atoms with Gasteiger partial charge in [0.15, 0.2) is 0 Å². The van der Waals surface area contributed by atoms with Crippen molar-refractivity contribution in [3.8, 4) is 17.6 Å². The first-order valence-electron chi connectivity index (χ1n) is 23.1. The minimum absolute atomic E-state index is 0.00206. The molecule has 0 radical (unpaired) electrons. The molecule has 1 aliphatic rings. The number of likely N-dealkylation sites (tertiary alicyclic amines) is 1. The molecular formula is C53H63ClN7O7P. The molecule has 0 aliphatic carbocycles. The van der Waals surface area contributed by atoms with Crippen LogP contribution in [0.3, 0.4) is 0 Å². The standard InChI is InChI=1S/C53H63ClN7O7P/c1-38(2)61(39(3)4)69(67-33-13-31-55)68-49-34-46(37-66-53(40-14-10-9-11-15-40,41-17-26-47(64-7)27-18-41)42-19-28-48(65-8)29-20-42)60(36-49)52(62)16-12-32-58(5)44-23-21-43(22-24-44)56-57-51-30-25-45(59(6)63)35-50(51)54/h9-11,14-15,17-30,35,38-39,46,49H,6,12-13,16,32-34,36-37H2,1-5,7-8H3/t46-,49+,69?/m0/s1. The van der Waals surface area contributed by atoms with Gasteiger partial charge in [0, 0.05) is 56.5 Å². The second kappa shape index (κ2) is 25.1. The lowest BCUT2D eigenvalue weighted by Crippen LogP contribution is -2.42. The van der Waals surface area contributed by atoms with Crippen molar-refractivity contribution in [2.45, 2.75) is 83.2 Å².